The molecule has 7 heteroatoms. The van der Waals surface area contributed by atoms with Crippen LogP contribution in [-0.2, 0) is 4.74 Å². The zero-order valence-corrected chi connectivity index (χ0v) is 19.5. The van der Waals surface area contributed by atoms with Gasteiger partial charge in [0.25, 0.3) is 0 Å². The monoisotopic (exact) mass is 578 g/mol. The molecule has 0 aromatic rings. The first-order chi connectivity index (χ1) is 11.8. The summed E-state index contributed by atoms with van der Waals surface area (Å²) in [5.74, 6) is 0.126. The smallest absolute Gasteiger partial charge is 0.315 e. The number of amides is 2. The molecule has 3 atom stereocenters. The molecule has 0 aromatic heterocycles. The van der Waals surface area contributed by atoms with E-state index < -0.39 is 9.64 Å². The third-order valence-corrected chi connectivity index (χ3v) is 9.19. The van der Waals surface area contributed by atoms with Crippen LogP contribution in [0.15, 0.2) is 0 Å². The highest BCUT2D eigenvalue weighted by molar-refractivity contribution is 14.1. The maximum Gasteiger partial charge on any atom is 0.315 e. The fraction of sp³-hybridized carbons (Fsp3) is 0.944. The standard InChI is InChI=1S/C18H32I2N2O3/c1-25-13-7-8-14(17(19)10-4-2-5-11-17)18(20,24)15-9-3-6-12-22(15)16(21)23/h14-15,24H,2-13H2,1H3,(H2,21,23)/t14?,15?,18-/m0/s1. The Bertz CT molecular complexity index is 442. The first kappa shape index (κ1) is 21.9. The first-order valence-electron chi connectivity index (χ1n) is 9.48. The second-order valence-electron chi connectivity index (χ2n) is 7.55. The lowest BCUT2D eigenvalue weighted by Gasteiger charge is -2.51. The van der Waals surface area contributed by atoms with Gasteiger partial charge in [0.2, 0.25) is 0 Å². The van der Waals surface area contributed by atoms with Crippen molar-refractivity contribution in [2.24, 2.45) is 11.7 Å². The van der Waals surface area contributed by atoms with Gasteiger partial charge in [-0.3, -0.25) is 0 Å². The lowest BCUT2D eigenvalue weighted by Crippen LogP contribution is -2.61. The number of nitrogens with two attached hydrogens (primary N) is 1. The molecule has 1 aliphatic carbocycles. The van der Waals surface area contributed by atoms with Crippen LogP contribution < -0.4 is 5.73 Å². The molecule has 2 rings (SSSR count). The average Bonchev–Trinajstić information content (AvgIpc) is 2.59. The van der Waals surface area contributed by atoms with Gasteiger partial charge in [0.15, 0.2) is 0 Å². The summed E-state index contributed by atoms with van der Waals surface area (Å²) in [5, 5.41) is 11.7. The number of nitrogens with zero attached hydrogens (tertiary/aromatic N) is 1. The van der Waals surface area contributed by atoms with Crippen LogP contribution >= 0.6 is 45.2 Å². The molecule has 3 N–H and O–H groups in total. The SMILES string of the molecule is COCCCC(C1(I)CCCCC1)[C@@](O)(I)C1CCCCN1C(N)=O. The van der Waals surface area contributed by atoms with Crippen molar-refractivity contribution in [2.45, 2.75) is 77.3 Å². The zero-order chi connectivity index (χ0) is 18.5. The van der Waals surface area contributed by atoms with Crippen LogP contribution in [0.3, 0.4) is 0 Å². The molecule has 2 amide bonds. The Hall–Kier alpha value is 0.650. The number of carbonyl (C=O) groups excluding carboxylic acids is 1. The lowest BCUT2D eigenvalue weighted by atomic mass is 9.72. The van der Waals surface area contributed by atoms with E-state index >= 15 is 0 Å². The van der Waals surface area contributed by atoms with E-state index in [0.29, 0.717) is 13.2 Å². The maximum atomic E-state index is 12.0. The molecule has 1 saturated heterocycles. The number of aliphatic hydroxyl groups is 1. The molecule has 0 aromatic carbocycles. The van der Waals surface area contributed by atoms with E-state index in [1.165, 1.54) is 19.3 Å². The van der Waals surface area contributed by atoms with Crippen molar-refractivity contribution < 1.29 is 14.6 Å². The fourth-order valence-corrected chi connectivity index (χ4v) is 8.29. The number of ether oxygens (including phenoxy) is 1. The van der Waals surface area contributed by atoms with Gasteiger partial charge in [-0.1, -0.05) is 41.9 Å². The molecule has 5 nitrogen and oxygen atoms in total. The summed E-state index contributed by atoms with van der Waals surface area (Å²) in [6.07, 6.45) is 10.7. The number of carbonyl (C=O) groups is 1. The Balaban J connectivity index is 2.27. The third kappa shape index (κ3) is 5.34. The van der Waals surface area contributed by atoms with Crippen LogP contribution in [0.2, 0.25) is 0 Å². The number of primary amides is 1. The van der Waals surface area contributed by atoms with E-state index in [1.807, 2.05) is 0 Å². The predicted octanol–water partition coefficient (Wildman–Crippen LogP) is 4.22. The van der Waals surface area contributed by atoms with Crippen LogP contribution in [-0.4, -0.2) is 49.4 Å². The van der Waals surface area contributed by atoms with E-state index in [-0.39, 0.29) is 15.4 Å². The van der Waals surface area contributed by atoms with Gasteiger partial charge in [-0.25, -0.2) is 4.79 Å². The number of alkyl halides is 2. The number of methoxy groups -OCH3 is 1. The minimum atomic E-state index is -0.959. The van der Waals surface area contributed by atoms with Gasteiger partial charge in [-0.15, -0.1) is 0 Å². The lowest BCUT2D eigenvalue weighted by molar-refractivity contribution is -0.0229. The van der Waals surface area contributed by atoms with Crippen molar-refractivity contribution in [1.29, 1.82) is 0 Å². The van der Waals surface area contributed by atoms with Crippen LogP contribution in [0.25, 0.3) is 0 Å². The van der Waals surface area contributed by atoms with Gasteiger partial charge in [0.1, 0.15) is 3.61 Å². The maximum absolute atomic E-state index is 12.0. The van der Waals surface area contributed by atoms with Crippen LogP contribution in [0.1, 0.15) is 64.2 Å². The second kappa shape index (κ2) is 9.73. The highest BCUT2D eigenvalue weighted by Crippen LogP contribution is 2.52. The van der Waals surface area contributed by atoms with Gasteiger partial charge >= 0.3 is 6.03 Å². The zero-order valence-electron chi connectivity index (χ0n) is 15.2. The number of piperidine rings is 1. The number of rotatable bonds is 7. The molecular weight excluding hydrogens is 546 g/mol. The quantitative estimate of drug-likeness (QED) is 0.270. The fourth-order valence-electron chi connectivity index (χ4n) is 4.59. The van der Waals surface area contributed by atoms with E-state index in [9.17, 15) is 9.90 Å². The predicted molar refractivity (Wildman–Crippen MR) is 117 cm³/mol. The molecule has 1 aliphatic heterocycles. The number of likely N-dealkylation sites (tertiary alicyclic amines) is 1. The van der Waals surface area contributed by atoms with E-state index in [0.717, 1.165) is 44.9 Å². The number of hydrogen-bond acceptors (Lipinski definition) is 3. The molecular formula is C18H32I2N2O3. The van der Waals surface area contributed by atoms with E-state index in [1.54, 1.807) is 12.0 Å². The van der Waals surface area contributed by atoms with Gasteiger partial charge in [-0.2, -0.15) is 0 Å². The third-order valence-electron chi connectivity index (χ3n) is 5.89. The second-order valence-corrected chi connectivity index (χ2v) is 11.4. The van der Waals surface area contributed by atoms with Gasteiger partial charge in [0, 0.05) is 29.6 Å². The minimum absolute atomic E-state index is 0.0838. The summed E-state index contributed by atoms with van der Waals surface area (Å²) < 4.78 is 4.38. The Morgan fingerprint density at radius 1 is 1.36 bits per heavy atom. The summed E-state index contributed by atoms with van der Waals surface area (Å²) in [7, 11) is 1.72. The minimum Gasteiger partial charge on any atom is -0.385 e. The van der Waals surface area contributed by atoms with Crippen molar-refractivity contribution >= 4 is 51.2 Å². The van der Waals surface area contributed by atoms with Crippen LogP contribution in [0.5, 0.6) is 0 Å². The number of hydrogen-bond donors (Lipinski definition) is 2. The van der Waals surface area contributed by atoms with E-state index in [2.05, 4.69) is 45.2 Å². The molecule has 0 bridgehead atoms. The van der Waals surface area contributed by atoms with Crippen molar-refractivity contribution in [3.8, 4) is 0 Å². The van der Waals surface area contributed by atoms with Crippen molar-refractivity contribution in [2.75, 3.05) is 20.3 Å². The Labute approximate surface area is 179 Å². The summed E-state index contributed by atoms with van der Waals surface area (Å²) in [6, 6.07) is -0.595. The summed E-state index contributed by atoms with van der Waals surface area (Å²) in [6.45, 7) is 1.37. The number of halogens is 2. The van der Waals surface area contributed by atoms with Crippen molar-refractivity contribution in [3.63, 3.8) is 0 Å². The summed E-state index contributed by atoms with van der Waals surface area (Å²) >= 11 is 4.84. The Kier molecular flexibility index (Phi) is 8.54. The van der Waals surface area contributed by atoms with E-state index in [4.69, 9.17) is 10.5 Å². The molecule has 0 radical (unpaired) electrons. The molecule has 0 spiro atoms. The van der Waals surface area contributed by atoms with Gasteiger partial charge in [0.05, 0.1) is 6.04 Å². The molecule has 2 aliphatic rings. The Morgan fingerprint density at radius 2 is 2.04 bits per heavy atom. The largest absolute Gasteiger partial charge is 0.385 e. The molecule has 2 fully saturated rings. The molecule has 146 valence electrons. The van der Waals surface area contributed by atoms with Crippen molar-refractivity contribution in [3.05, 3.63) is 0 Å². The summed E-state index contributed by atoms with van der Waals surface area (Å²) in [4.78, 5) is 13.7. The molecule has 25 heavy (non-hydrogen) atoms. The van der Waals surface area contributed by atoms with Crippen molar-refractivity contribution in [1.82, 2.24) is 4.90 Å². The number of urea groups is 1. The van der Waals surface area contributed by atoms with Crippen LogP contribution in [0, 0.1) is 5.92 Å². The highest BCUT2D eigenvalue weighted by atomic mass is 127. The normalized spacial score (nSPS) is 27.5. The highest BCUT2D eigenvalue weighted by Gasteiger charge is 2.53. The Morgan fingerprint density at radius 3 is 2.64 bits per heavy atom. The summed E-state index contributed by atoms with van der Waals surface area (Å²) in [5.41, 5.74) is 5.64. The first-order valence-corrected chi connectivity index (χ1v) is 11.6. The van der Waals surface area contributed by atoms with Gasteiger partial charge in [-0.05, 0) is 67.5 Å². The molecule has 2 unspecified atom stereocenters. The molecule has 1 heterocycles. The molecule has 1 saturated carbocycles. The topological polar surface area (TPSA) is 75.8 Å². The average molecular weight is 578 g/mol. The van der Waals surface area contributed by atoms with Crippen LogP contribution in [0.4, 0.5) is 4.79 Å². The van der Waals surface area contributed by atoms with Gasteiger partial charge < -0.3 is 20.5 Å².